The topological polar surface area (TPSA) is 75.7 Å². The van der Waals surface area contributed by atoms with Crippen molar-refractivity contribution in [3.8, 4) is 0 Å². The molecule has 21 heavy (non-hydrogen) atoms. The Morgan fingerprint density at radius 1 is 1.24 bits per heavy atom. The number of carbonyl (C=O) groups excluding carboxylic acids is 1. The third-order valence-electron chi connectivity index (χ3n) is 2.84. The largest absolute Gasteiger partial charge is 0.465 e. The monoisotopic (exact) mass is 314 g/mol. The Morgan fingerprint density at radius 2 is 1.90 bits per heavy atom. The van der Waals surface area contributed by atoms with Gasteiger partial charge in [0, 0.05) is 13.1 Å². The van der Waals surface area contributed by atoms with E-state index in [2.05, 4.69) is 4.72 Å². The Labute approximate surface area is 126 Å². The van der Waals surface area contributed by atoms with Crippen LogP contribution in [0.1, 0.15) is 20.8 Å². The Hall–Kier alpha value is -1.60. The number of likely N-dealkylation sites (N-methyl/N-ethyl adjacent to an activating group) is 1. The van der Waals surface area contributed by atoms with Crippen molar-refractivity contribution in [2.45, 2.75) is 25.7 Å². The molecule has 0 atom stereocenters. The normalized spacial score (nSPS) is 11.2. The number of rotatable bonds is 8. The Balaban J connectivity index is 3.13. The minimum absolute atomic E-state index is 0.0169. The highest BCUT2D eigenvalue weighted by molar-refractivity contribution is 7.89. The lowest BCUT2D eigenvalue weighted by molar-refractivity contribution is -0.141. The number of hydrogen-bond acceptors (Lipinski definition) is 5. The van der Waals surface area contributed by atoms with E-state index in [-0.39, 0.29) is 17.4 Å². The molecule has 0 aliphatic carbocycles. The second-order valence-electron chi connectivity index (χ2n) is 4.29. The molecule has 7 heteroatoms. The standard InChI is InChI=1S/C14H22N2O4S/c1-4-15-21(18,19)13-10-8-7-9-12(13)16(5-2)11-14(17)20-6-3/h7-10,15H,4-6,11H2,1-3H3. The van der Waals surface area contributed by atoms with Gasteiger partial charge in [-0.3, -0.25) is 4.79 Å². The molecule has 0 saturated carbocycles. The van der Waals surface area contributed by atoms with E-state index < -0.39 is 10.0 Å². The molecule has 0 bridgehead atoms. The smallest absolute Gasteiger partial charge is 0.325 e. The molecule has 118 valence electrons. The summed E-state index contributed by atoms with van der Waals surface area (Å²) in [6.07, 6.45) is 0. The highest BCUT2D eigenvalue weighted by Gasteiger charge is 2.21. The van der Waals surface area contributed by atoms with Crippen LogP contribution in [0.15, 0.2) is 29.2 Å². The van der Waals surface area contributed by atoms with Crippen LogP contribution in [0.25, 0.3) is 0 Å². The van der Waals surface area contributed by atoms with Gasteiger partial charge in [-0.15, -0.1) is 0 Å². The summed E-state index contributed by atoms with van der Waals surface area (Å²) in [5, 5.41) is 0. The quantitative estimate of drug-likeness (QED) is 0.734. The first-order chi connectivity index (χ1) is 9.96. The van der Waals surface area contributed by atoms with Crippen LogP contribution in [0.3, 0.4) is 0 Å². The summed E-state index contributed by atoms with van der Waals surface area (Å²) in [6.45, 7) is 6.43. The maximum atomic E-state index is 12.2. The number of para-hydroxylation sites is 1. The van der Waals surface area contributed by atoms with Gasteiger partial charge in [-0.2, -0.15) is 0 Å². The van der Waals surface area contributed by atoms with Gasteiger partial charge >= 0.3 is 5.97 Å². The molecule has 0 heterocycles. The van der Waals surface area contributed by atoms with Gasteiger partial charge in [-0.05, 0) is 26.0 Å². The number of nitrogens with one attached hydrogen (secondary N) is 1. The van der Waals surface area contributed by atoms with Crippen molar-refractivity contribution < 1.29 is 17.9 Å². The van der Waals surface area contributed by atoms with Gasteiger partial charge in [-0.1, -0.05) is 19.1 Å². The van der Waals surface area contributed by atoms with Crippen molar-refractivity contribution in [2.24, 2.45) is 0 Å². The molecular formula is C14H22N2O4S. The van der Waals surface area contributed by atoms with Crippen LogP contribution < -0.4 is 9.62 Å². The molecule has 1 aromatic rings. The number of nitrogens with zero attached hydrogens (tertiary/aromatic N) is 1. The number of ether oxygens (including phenoxy) is 1. The molecule has 0 saturated heterocycles. The van der Waals surface area contributed by atoms with Gasteiger partial charge in [0.25, 0.3) is 0 Å². The summed E-state index contributed by atoms with van der Waals surface area (Å²) in [6, 6.07) is 6.62. The third-order valence-corrected chi connectivity index (χ3v) is 4.43. The lowest BCUT2D eigenvalue weighted by Crippen LogP contribution is -2.33. The molecule has 0 aliphatic heterocycles. The summed E-state index contributed by atoms with van der Waals surface area (Å²) < 4.78 is 31.9. The zero-order valence-electron chi connectivity index (χ0n) is 12.6. The molecule has 0 radical (unpaired) electrons. The lowest BCUT2D eigenvalue weighted by atomic mass is 10.3. The molecule has 0 spiro atoms. The second-order valence-corrected chi connectivity index (χ2v) is 6.02. The predicted octanol–water partition coefficient (Wildman–Crippen LogP) is 1.37. The molecule has 1 aromatic carbocycles. The van der Waals surface area contributed by atoms with E-state index in [9.17, 15) is 13.2 Å². The predicted molar refractivity (Wildman–Crippen MR) is 81.8 cm³/mol. The van der Waals surface area contributed by atoms with E-state index >= 15 is 0 Å². The molecule has 0 aliphatic rings. The molecule has 0 aromatic heterocycles. The Morgan fingerprint density at radius 3 is 2.48 bits per heavy atom. The maximum Gasteiger partial charge on any atom is 0.325 e. The van der Waals surface area contributed by atoms with E-state index in [0.717, 1.165) is 0 Å². The van der Waals surface area contributed by atoms with E-state index in [0.29, 0.717) is 25.4 Å². The van der Waals surface area contributed by atoms with E-state index in [1.54, 1.807) is 36.9 Å². The Bertz CT molecular complexity index is 572. The fourth-order valence-corrected chi connectivity index (χ4v) is 3.21. The number of hydrogen-bond donors (Lipinski definition) is 1. The summed E-state index contributed by atoms with van der Waals surface area (Å²) in [7, 11) is -3.59. The minimum atomic E-state index is -3.59. The first-order valence-corrected chi connectivity index (χ1v) is 8.43. The Kier molecular flexibility index (Phi) is 6.64. The van der Waals surface area contributed by atoms with Crippen LogP contribution in [-0.4, -0.2) is 40.6 Å². The second kappa shape index (κ2) is 7.99. The first kappa shape index (κ1) is 17.5. The van der Waals surface area contributed by atoms with Crippen molar-refractivity contribution in [1.82, 2.24) is 4.72 Å². The van der Waals surface area contributed by atoms with Crippen LogP contribution in [0.2, 0.25) is 0 Å². The highest BCUT2D eigenvalue weighted by atomic mass is 32.2. The van der Waals surface area contributed by atoms with Crippen LogP contribution in [0, 0.1) is 0 Å². The molecule has 0 amide bonds. The zero-order valence-corrected chi connectivity index (χ0v) is 13.4. The van der Waals surface area contributed by atoms with Gasteiger partial charge in [0.05, 0.1) is 12.3 Å². The van der Waals surface area contributed by atoms with Gasteiger partial charge < -0.3 is 9.64 Å². The molecular weight excluding hydrogens is 292 g/mol. The van der Waals surface area contributed by atoms with Gasteiger partial charge in [0.2, 0.25) is 10.0 Å². The van der Waals surface area contributed by atoms with Crippen LogP contribution in [-0.2, 0) is 19.6 Å². The first-order valence-electron chi connectivity index (χ1n) is 6.95. The van der Waals surface area contributed by atoms with Crippen molar-refractivity contribution in [1.29, 1.82) is 0 Å². The summed E-state index contributed by atoms with van der Waals surface area (Å²) in [5.41, 5.74) is 0.494. The fourth-order valence-electron chi connectivity index (χ4n) is 1.94. The lowest BCUT2D eigenvalue weighted by Gasteiger charge is -2.24. The van der Waals surface area contributed by atoms with Crippen molar-refractivity contribution >= 4 is 21.7 Å². The van der Waals surface area contributed by atoms with Crippen molar-refractivity contribution in [3.63, 3.8) is 0 Å². The SMILES string of the molecule is CCNS(=O)(=O)c1ccccc1N(CC)CC(=O)OCC. The van der Waals surface area contributed by atoms with Gasteiger partial charge in [-0.25, -0.2) is 13.1 Å². The molecule has 6 nitrogen and oxygen atoms in total. The van der Waals surface area contributed by atoms with Crippen LogP contribution >= 0.6 is 0 Å². The maximum absolute atomic E-state index is 12.2. The summed E-state index contributed by atoms with van der Waals surface area (Å²) in [4.78, 5) is 13.5. The average molecular weight is 314 g/mol. The molecule has 1 rings (SSSR count). The van der Waals surface area contributed by atoms with Gasteiger partial charge in [0.15, 0.2) is 0 Å². The van der Waals surface area contributed by atoms with E-state index in [4.69, 9.17) is 4.74 Å². The van der Waals surface area contributed by atoms with Crippen LogP contribution in [0.5, 0.6) is 0 Å². The third kappa shape index (κ3) is 4.71. The molecule has 0 fully saturated rings. The summed E-state index contributed by atoms with van der Waals surface area (Å²) in [5.74, 6) is -0.380. The van der Waals surface area contributed by atoms with E-state index in [1.165, 1.54) is 6.07 Å². The number of esters is 1. The number of carbonyl (C=O) groups is 1. The average Bonchev–Trinajstić information content (AvgIpc) is 2.45. The minimum Gasteiger partial charge on any atom is -0.465 e. The van der Waals surface area contributed by atoms with Crippen molar-refractivity contribution in [2.75, 3.05) is 31.1 Å². The number of anilines is 1. The fraction of sp³-hybridized carbons (Fsp3) is 0.500. The van der Waals surface area contributed by atoms with Gasteiger partial charge in [0.1, 0.15) is 11.4 Å². The van der Waals surface area contributed by atoms with Crippen molar-refractivity contribution in [3.05, 3.63) is 24.3 Å². The van der Waals surface area contributed by atoms with E-state index in [1.807, 2.05) is 6.92 Å². The molecule has 1 N–H and O–H groups in total. The number of sulfonamides is 1. The summed E-state index contributed by atoms with van der Waals surface area (Å²) >= 11 is 0. The molecule has 0 unspecified atom stereocenters. The number of benzene rings is 1. The highest BCUT2D eigenvalue weighted by Crippen LogP contribution is 2.24. The zero-order chi connectivity index (χ0) is 15.9. The van der Waals surface area contributed by atoms with Crippen LogP contribution in [0.4, 0.5) is 5.69 Å².